The van der Waals surface area contributed by atoms with Crippen molar-refractivity contribution < 1.29 is 14.5 Å². The normalized spacial score (nSPS) is 14.6. The second kappa shape index (κ2) is 10.2. The molecule has 2 N–H and O–H groups in total. The van der Waals surface area contributed by atoms with Crippen LogP contribution in [0.1, 0.15) is 30.9 Å². The lowest BCUT2D eigenvalue weighted by molar-refractivity contribution is -0.384. The van der Waals surface area contributed by atoms with Crippen molar-refractivity contribution >= 4 is 34.8 Å². The Balaban J connectivity index is 1.65. The molecule has 1 heterocycles. The molecular weight excluding hydrogens is 408 g/mol. The van der Waals surface area contributed by atoms with Crippen LogP contribution < -0.4 is 10.6 Å². The number of non-ortho nitro benzene ring substituents is 1. The monoisotopic (exact) mass is 430 g/mol. The third-order valence-electron chi connectivity index (χ3n) is 4.94. The van der Waals surface area contributed by atoms with E-state index in [1.165, 1.54) is 18.2 Å². The maximum Gasteiger partial charge on any atom is 0.271 e. The summed E-state index contributed by atoms with van der Waals surface area (Å²) >= 11 is 6.10. The zero-order valence-electron chi connectivity index (χ0n) is 16.3. The number of rotatable bonds is 9. The van der Waals surface area contributed by atoms with Gasteiger partial charge in [0.2, 0.25) is 11.8 Å². The lowest BCUT2D eigenvalue weighted by Crippen LogP contribution is -2.35. The Morgan fingerprint density at radius 3 is 2.63 bits per heavy atom. The number of likely N-dealkylation sites (tertiary alicyclic amines) is 1. The highest BCUT2D eigenvalue weighted by molar-refractivity contribution is 6.34. The molecule has 1 fully saturated rings. The first-order valence-corrected chi connectivity index (χ1v) is 10.1. The van der Waals surface area contributed by atoms with Crippen molar-refractivity contribution in [2.75, 3.05) is 25.0 Å². The topological polar surface area (TPSA) is 105 Å². The largest absolute Gasteiger partial charge is 0.343 e. The Hall–Kier alpha value is -2.97. The molecule has 0 aromatic heterocycles. The Bertz CT molecular complexity index is 922. The van der Waals surface area contributed by atoms with Crippen molar-refractivity contribution in [3.8, 4) is 0 Å². The second-order valence-electron chi connectivity index (χ2n) is 7.05. The van der Waals surface area contributed by atoms with E-state index in [4.69, 9.17) is 11.6 Å². The fourth-order valence-electron chi connectivity index (χ4n) is 3.39. The summed E-state index contributed by atoms with van der Waals surface area (Å²) in [5, 5.41) is 16.9. The van der Waals surface area contributed by atoms with Crippen LogP contribution in [-0.4, -0.2) is 41.3 Å². The summed E-state index contributed by atoms with van der Waals surface area (Å²) in [5.41, 5.74) is 0.940. The van der Waals surface area contributed by atoms with E-state index in [1.54, 1.807) is 0 Å². The van der Waals surface area contributed by atoms with E-state index in [1.807, 2.05) is 35.2 Å². The summed E-state index contributed by atoms with van der Waals surface area (Å²) in [6.45, 7) is 1.99. The van der Waals surface area contributed by atoms with Gasteiger partial charge in [-0.1, -0.05) is 41.9 Å². The highest BCUT2D eigenvalue weighted by atomic mass is 35.5. The van der Waals surface area contributed by atoms with E-state index < -0.39 is 11.0 Å². The number of halogens is 1. The Morgan fingerprint density at radius 2 is 2.00 bits per heavy atom. The molecule has 3 rings (SSSR count). The number of anilines is 1. The average Bonchev–Trinajstić information content (AvgIpc) is 3.14. The number of nitro groups is 1. The predicted octanol–water partition coefficient (Wildman–Crippen LogP) is 3.53. The van der Waals surface area contributed by atoms with Gasteiger partial charge in [-0.2, -0.15) is 0 Å². The van der Waals surface area contributed by atoms with Crippen LogP contribution in [0.15, 0.2) is 48.5 Å². The number of carbonyl (C=O) groups is 2. The molecule has 8 nitrogen and oxygen atoms in total. The van der Waals surface area contributed by atoms with E-state index in [0.29, 0.717) is 25.2 Å². The molecule has 2 amide bonds. The van der Waals surface area contributed by atoms with Gasteiger partial charge in [0.05, 0.1) is 15.6 Å². The highest BCUT2D eigenvalue weighted by Crippen LogP contribution is 2.27. The standard InChI is InChI=1S/C21H23ClN4O4/c22-17-14-16(26(29)30)9-10-18(17)24-21(28)20(15-6-2-1-3-7-15)23-11-5-13-25-12-4-8-19(25)27/h1-3,6-7,9-10,14,20,23H,4-5,8,11-13H2,(H,24,28)/t20-/m1/s1. The number of benzene rings is 2. The van der Waals surface area contributed by atoms with Gasteiger partial charge in [0.25, 0.3) is 5.69 Å². The summed E-state index contributed by atoms with van der Waals surface area (Å²) in [4.78, 5) is 36.8. The zero-order chi connectivity index (χ0) is 21.5. The van der Waals surface area contributed by atoms with Gasteiger partial charge in [0.15, 0.2) is 0 Å². The van der Waals surface area contributed by atoms with Gasteiger partial charge < -0.3 is 15.5 Å². The van der Waals surface area contributed by atoms with Crippen LogP contribution in [-0.2, 0) is 9.59 Å². The van der Waals surface area contributed by atoms with Crippen LogP contribution in [0.25, 0.3) is 0 Å². The summed E-state index contributed by atoms with van der Waals surface area (Å²) in [5.74, 6) is -0.144. The molecule has 0 spiro atoms. The third-order valence-corrected chi connectivity index (χ3v) is 5.25. The maximum absolute atomic E-state index is 13.0. The molecule has 0 radical (unpaired) electrons. The van der Waals surface area contributed by atoms with Crippen molar-refractivity contribution in [1.29, 1.82) is 0 Å². The van der Waals surface area contributed by atoms with E-state index in [0.717, 1.165) is 24.9 Å². The molecule has 9 heteroatoms. The molecule has 1 aliphatic rings. The van der Waals surface area contributed by atoms with Gasteiger partial charge in [0, 0.05) is 31.6 Å². The molecule has 1 saturated heterocycles. The molecule has 0 bridgehead atoms. The molecule has 158 valence electrons. The molecular formula is C21H23ClN4O4. The highest BCUT2D eigenvalue weighted by Gasteiger charge is 2.23. The second-order valence-corrected chi connectivity index (χ2v) is 7.45. The fourth-order valence-corrected chi connectivity index (χ4v) is 3.61. The molecule has 1 aliphatic heterocycles. The summed E-state index contributed by atoms with van der Waals surface area (Å²) < 4.78 is 0. The van der Waals surface area contributed by atoms with E-state index >= 15 is 0 Å². The number of carbonyl (C=O) groups excluding carboxylic acids is 2. The van der Waals surface area contributed by atoms with E-state index in [9.17, 15) is 19.7 Å². The predicted molar refractivity (Wildman–Crippen MR) is 114 cm³/mol. The van der Waals surface area contributed by atoms with Crippen LogP contribution in [0.3, 0.4) is 0 Å². The van der Waals surface area contributed by atoms with Gasteiger partial charge in [-0.3, -0.25) is 19.7 Å². The number of hydrogen-bond donors (Lipinski definition) is 2. The molecule has 0 unspecified atom stereocenters. The molecule has 0 aliphatic carbocycles. The van der Waals surface area contributed by atoms with Gasteiger partial charge in [0.1, 0.15) is 6.04 Å². The minimum Gasteiger partial charge on any atom is -0.343 e. The van der Waals surface area contributed by atoms with Crippen molar-refractivity contribution in [2.24, 2.45) is 0 Å². The Labute approximate surface area is 179 Å². The van der Waals surface area contributed by atoms with Crippen LogP contribution in [0.4, 0.5) is 11.4 Å². The van der Waals surface area contributed by atoms with Gasteiger partial charge in [-0.05, 0) is 31.0 Å². The fraction of sp³-hybridized carbons (Fsp3) is 0.333. The summed E-state index contributed by atoms with van der Waals surface area (Å²) in [6, 6.07) is 12.5. The van der Waals surface area contributed by atoms with Crippen LogP contribution in [0.5, 0.6) is 0 Å². The zero-order valence-corrected chi connectivity index (χ0v) is 17.1. The molecule has 2 aromatic carbocycles. The lowest BCUT2D eigenvalue weighted by atomic mass is 10.1. The minimum absolute atomic E-state index is 0.0944. The number of nitrogens with one attached hydrogen (secondary N) is 2. The van der Waals surface area contributed by atoms with Crippen molar-refractivity contribution in [1.82, 2.24) is 10.2 Å². The first kappa shape index (κ1) is 21.7. The maximum atomic E-state index is 13.0. The molecule has 0 saturated carbocycles. The van der Waals surface area contributed by atoms with E-state index in [2.05, 4.69) is 10.6 Å². The van der Waals surface area contributed by atoms with Gasteiger partial charge in [-0.25, -0.2) is 0 Å². The molecule has 2 aromatic rings. The Morgan fingerprint density at radius 1 is 1.23 bits per heavy atom. The van der Waals surface area contributed by atoms with Crippen molar-refractivity contribution in [2.45, 2.75) is 25.3 Å². The summed E-state index contributed by atoms with van der Waals surface area (Å²) in [7, 11) is 0. The van der Waals surface area contributed by atoms with Crippen molar-refractivity contribution in [3.05, 3.63) is 69.2 Å². The van der Waals surface area contributed by atoms with Crippen molar-refractivity contribution in [3.63, 3.8) is 0 Å². The molecule has 1 atom stereocenters. The van der Waals surface area contributed by atoms with Gasteiger partial charge >= 0.3 is 0 Å². The number of nitro benzene ring substituents is 1. The minimum atomic E-state index is -0.633. The Kier molecular flexibility index (Phi) is 7.37. The van der Waals surface area contributed by atoms with Crippen LogP contribution in [0.2, 0.25) is 5.02 Å². The first-order chi connectivity index (χ1) is 14.5. The number of nitrogens with zero attached hydrogens (tertiary/aromatic N) is 2. The van der Waals surface area contributed by atoms with Gasteiger partial charge in [-0.15, -0.1) is 0 Å². The quantitative estimate of drug-likeness (QED) is 0.359. The van der Waals surface area contributed by atoms with Crippen LogP contribution in [0, 0.1) is 10.1 Å². The first-order valence-electron chi connectivity index (χ1n) is 9.76. The average molecular weight is 431 g/mol. The smallest absolute Gasteiger partial charge is 0.271 e. The number of hydrogen-bond acceptors (Lipinski definition) is 5. The number of amides is 2. The SMILES string of the molecule is O=C(Nc1ccc([N+](=O)[O-])cc1Cl)[C@H](NCCCN1CCCC1=O)c1ccccc1. The molecule has 30 heavy (non-hydrogen) atoms. The third kappa shape index (κ3) is 5.55. The lowest BCUT2D eigenvalue weighted by Gasteiger charge is -2.21. The summed E-state index contributed by atoms with van der Waals surface area (Å²) in [6.07, 6.45) is 2.23. The van der Waals surface area contributed by atoms with Crippen LogP contribution >= 0.6 is 11.6 Å². The van der Waals surface area contributed by atoms with E-state index in [-0.39, 0.29) is 22.5 Å².